The van der Waals surface area contributed by atoms with E-state index in [4.69, 9.17) is 0 Å². The van der Waals surface area contributed by atoms with Gasteiger partial charge in [0.15, 0.2) is 5.49 Å². The Morgan fingerprint density at radius 1 is 1.00 bits per heavy atom. The van der Waals surface area contributed by atoms with E-state index in [2.05, 4.69) is 4.99 Å². The standard InChI is InChI=1S/C19H16N2O2S/c1-14-8-7-11-16(24-15-9-3-2-4-10-15)18(14)19(22)20-17-12-5-6-13-21(17)23/h2-13,23H,1H3. The summed E-state index contributed by atoms with van der Waals surface area (Å²) in [5.41, 5.74) is 1.60. The van der Waals surface area contributed by atoms with E-state index in [-0.39, 0.29) is 11.4 Å². The summed E-state index contributed by atoms with van der Waals surface area (Å²) in [5.74, 6) is -0.375. The highest BCUT2D eigenvalue weighted by atomic mass is 32.2. The van der Waals surface area contributed by atoms with Crippen molar-refractivity contribution in [3.8, 4) is 0 Å². The molecular formula is C19H16N2O2S. The second-order valence-electron chi connectivity index (χ2n) is 5.18. The summed E-state index contributed by atoms with van der Waals surface area (Å²) in [6.45, 7) is 1.88. The maximum absolute atomic E-state index is 12.7. The van der Waals surface area contributed by atoms with Crippen LogP contribution >= 0.6 is 11.8 Å². The van der Waals surface area contributed by atoms with Gasteiger partial charge in [-0.15, -0.1) is 0 Å². The van der Waals surface area contributed by atoms with Gasteiger partial charge in [0.25, 0.3) is 5.91 Å². The summed E-state index contributed by atoms with van der Waals surface area (Å²) in [6, 6.07) is 20.6. The second-order valence-corrected chi connectivity index (χ2v) is 6.30. The van der Waals surface area contributed by atoms with E-state index in [9.17, 15) is 10.0 Å². The van der Waals surface area contributed by atoms with Gasteiger partial charge in [-0.25, -0.2) is 0 Å². The second kappa shape index (κ2) is 7.19. The van der Waals surface area contributed by atoms with Crippen molar-refractivity contribution in [3.63, 3.8) is 0 Å². The van der Waals surface area contributed by atoms with Gasteiger partial charge in [-0.2, -0.15) is 9.72 Å². The predicted molar refractivity (Wildman–Crippen MR) is 93.3 cm³/mol. The molecule has 0 aliphatic rings. The van der Waals surface area contributed by atoms with Crippen LogP contribution in [0.5, 0.6) is 0 Å². The smallest absolute Gasteiger partial charge is 0.280 e. The molecule has 3 aromatic rings. The molecule has 1 N–H and O–H groups in total. The number of benzene rings is 2. The van der Waals surface area contributed by atoms with Crippen LogP contribution in [0.15, 0.2) is 87.7 Å². The largest absolute Gasteiger partial charge is 0.427 e. The Hall–Kier alpha value is -2.79. The van der Waals surface area contributed by atoms with E-state index in [0.717, 1.165) is 20.1 Å². The van der Waals surface area contributed by atoms with E-state index in [1.165, 1.54) is 18.0 Å². The van der Waals surface area contributed by atoms with Crippen molar-refractivity contribution in [2.75, 3.05) is 0 Å². The van der Waals surface area contributed by atoms with E-state index in [1.807, 2.05) is 55.5 Å². The molecule has 5 heteroatoms. The van der Waals surface area contributed by atoms with Crippen molar-refractivity contribution in [2.45, 2.75) is 16.7 Å². The van der Waals surface area contributed by atoms with Crippen molar-refractivity contribution in [2.24, 2.45) is 4.99 Å². The van der Waals surface area contributed by atoms with E-state index >= 15 is 0 Å². The molecule has 0 radical (unpaired) electrons. The maximum Gasteiger partial charge on any atom is 0.280 e. The molecule has 1 aromatic heterocycles. The summed E-state index contributed by atoms with van der Waals surface area (Å²) in [6.07, 6.45) is 1.43. The predicted octanol–water partition coefficient (Wildman–Crippen LogP) is 3.93. The minimum absolute atomic E-state index is 0.196. The number of amides is 1. The fourth-order valence-electron chi connectivity index (χ4n) is 2.29. The van der Waals surface area contributed by atoms with Crippen LogP contribution in [0.25, 0.3) is 0 Å². The quantitative estimate of drug-likeness (QED) is 0.738. The molecule has 0 spiro atoms. The molecule has 0 unspecified atom stereocenters. The molecule has 0 aliphatic heterocycles. The molecule has 3 rings (SSSR count). The molecule has 1 heterocycles. The Balaban J connectivity index is 2.03. The van der Waals surface area contributed by atoms with Gasteiger partial charge < -0.3 is 5.21 Å². The Bertz CT molecular complexity index is 933. The number of rotatable bonds is 3. The molecular weight excluding hydrogens is 320 g/mol. The van der Waals surface area contributed by atoms with Gasteiger partial charge in [0.05, 0.1) is 5.56 Å². The first-order valence-corrected chi connectivity index (χ1v) is 8.25. The third kappa shape index (κ3) is 3.58. The van der Waals surface area contributed by atoms with Crippen LogP contribution in [-0.2, 0) is 0 Å². The van der Waals surface area contributed by atoms with Gasteiger partial charge >= 0.3 is 0 Å². The van der Waals surface area contributed by atoms with Crippen LogP contribution in [0, 0.1) is 6.92 Å². The average Bonchev–Trinajstić information content (AvgIpc) is 2.58. The molecule has 120 valence electrons. The van der Waals surface area contributed by atoms with Crippen molar-refractivity contribution >= 4 is 17.7 Å². The highest BCUT2D eigenvalue weighted by Gasteiger charge is 2.14. The lowest BCUT2D eigenvalue weighted by Gasteiger charge is -2.09. The van der Waals surface area contributed by atoms with Crippen LogP contribution < -0.4 is 5.49 Å². The number of hydrogen-bond acceptors (Lipinski definition) is 3. The molecule has 24 heavy (non-hydrogen) atoms. The number of nitrogens with zero attached hydrogens (tertiary/aromatic N) is 2. The van der Waals surface area contributed by atoms with Gasteiger partial charge in [-0.05, 0) is 42.8 Å². The number of carbonyl (C=O) groups is 1. The van der Waals surface area contributed by atoms with Crippen LogP contribution in [-0.4, -0.2) is 15.8 Å². The first kappa shape index (κ1) is 16.1. The minimum atomic E-state index is -0.375. The highest BCUT2D eigenvalue weighted by Crippen LogP contribution is 2.32. The zero-order valence-corrected chi connectivity index (χ0v) is 13.9. The molecule has 0 aliphatic carbocycles. The SMILES string of the molecule is Cc1cccc(Sc2ccccc2)c1C(=O)N=c1ccccn1O. The fraction of sp³-hybridized carbons (Fsp3) is 0.0526. The van der Waals surface area contributed by atoms with E-state index in [0.29, 0.717) is 5.56 Å². The van der Waals surface area contributed by atoms with Crippen molar-refractivity contribution < 1.29 is 10.0 Å². The lowest BCUT2D eigenvalue weighted by Crippen LogP contribution is -2.19. The van der Waals surface area contributed by atoms with Crippen LogP contribution in [0.4, 0.5) is 0 Å². The van der Waals surface area contributed by atoms with Crippen molar-refractivity contribution in [3.05, 3.63) is 89.5 Å². The number of carbonyl (C=O) groups excluding carboxylic acids is 1. The topological polar surface area (TPSA) is 54.6 Å². The van der Waals surface area contributed by atoms with E-state index < -0.39 is 0 Å². The third-order valence-corrected chi connectivity index (χ3v) is 4.52. The normalized spacial score (nSPS) is 11.5. The first-order chi connectivity index (χ1) is 11.6. The highest BCUT2D eigenvalue weighted by molar-refractivity contribution is 7.99. The average molecular weight is 336 g/mol. The summed E-state index contributed by atoms with van der Waals surface area (Å²) < 4.78 is 0.834. The van der Waals surface area contributed by atoms with Gasteiger partial charge in [0.1, 0.15) is 0 Å². The fourth-order valence-corrected chi connectivity index (χ4v) is 3.33. The zero-order valence-electron chi connectivity index (χ0n) is 13.1. The van der Waals surface area contributed by atoms with Crippen LogP contribution in [0.3, 0.4) is 0 Å². The summed E-state index contributed by atoms with van der Waals surface area (Å²) in [4.78, 5) is 18.6. The lowest BCUT2D eigenvalue weighted by molar-refractivity contribution is 0.0984. The first-order valence-electron chi connectivity index (χ1n) is 7.43. The molecule has 0 fully saturated rings. The zero-order chi connectivity index (χ0) is 16.9. The molecule has 1 amide bonds. The molecule has 0 atom stereocenters. The maximum atomic E-state index is 12.7. The molecule has 2 aromatic carbocycles. The Morgan fingerprint density at radius 3 is 2.50 bits per heavy atom. The molecule has 4 nitrogen and oxygen atoms in total. The van der Waals surface area contributed by atoms with Crippen molar-refractivity contribution in [1.29, 1.82) is 0 Å². The lowest BCUT2D eigenvalue weighted by atomic mass is 10.1. The monoisotopic (exact) mass is 336 g/mol. The van der Waals surface area contributed by atoms with Crippen LogP contribution in [0.1, 0.15) is 15.9 Å². The summed E-state index contributed by atoms with van der Waals surface area (Å²) >= 11 is 1.52. The van der Waals surface area contributed by atoms with Gasteiger partial charge in [-0.1, -0.05) is 48.2 Å². The molecule has 0 bridgehead atoms. The van der Waals surface area contributed by atoms with Crippen LogP contribution in [0.2, 0.25) is 0 Å². The Labute approximate surface area is 144 Å². The Morgan fingerprint density at radius 2 is 1.75 bits per heavy atom. The van der Waals surface area contributed by atoms with Gasteiger partial charge in [-0.3, -0.25) is 4.79 Å². The van der Waals surface area contributed by atoms with Gasteiger partial charge in [0, 0.05) is 16.0 Å². The van der Waals surface area contributed by atoms with Crippen molar-refractivity contribution in [1.82, 2.24) is 4.73 Å². The Kier molecular flexibility index (Phi) is 4.82. The molecule has 0 saturated heterocycles. The number of aromatic nitrogens is 1. The number of aryl methyl sites for hydroxylation is 1. The van der Waals surface area contributed by atoms with E-state index in [1.54, 1.807) is 18.2 Å². The molecule has 0 saturated carbocycles. The van der Waals surface area contributed by atoms with Gasteiger partial charge in [0.2, 0.25) is 0 Å². The number of pyridine rings is 1. The number of hydrogen-bond donors (Lipinski definition) is 1. The summed E-state index contributed by atoms with van der Waals surface area (Å²) in [7, 11) is 0. The third-order valence-electron chi connectivity index (χ3n) is 3.45. The minimum Gasteiger partial charge on any atom is -0.427 e. The summed E-state index contributed by atoms with van der Waals surface area (Å²) in [5, 5.41) is 9.75.